The second kappa shape index (κ2) is 10.3. The van der Waals surface area contributed by atoms with Crippen LogP contribution in [0.25, 0.3) is 10.4 Å². The maximum absolute atomic E-state index is 13.7. The predicted molar refractivity (Wildman–Crippen MR) is 123 cm³/mol. The van der Waals surface area contributed by atoms with Gasteiger partial charge in [-0.15, -0.1) is 11.3 Å². The third-order valence-electron chi connectivity index (χ3n) is 5.85. The molecule has 0 unspecified atom stereocenters. The smallest absolute Gasteiger partial charge is 0.323 e. The molecule has 2 amide bonds. The summed E-state index contributed by atoms with van der Waals surface area (Å²) in [5.41, 5.74) is 0.894. The zero-order valence-corrected chi connectivity index (χ0v) is 19.1. The number of carbonyl (C=O) groups is 2. The molecule has 2 N–H and O–H groups in total. The molecule has 6 nitrogen and oxygen atoms in total. The summed E-state index contributed by atoms with van der Waals surface area (Å²) in [6.07, 6.45) is 5.19. The van der Waals surface area contributed by atoms with Crippen molar-refractivity contribution >= 4 is 34.7 Å². The van der Waals surface area contributed by atoms with E-state index in [1.54, 1.807) is 23.5 Å². The molecule has 0 aliphatic heterocycles. The molecule has 1 heterocycles. The quantitative estimate of drug-likeness (QED) is 0.325. The average molecular weight is 490 g/mol. The summed E-state index contributed by atoms with van der Waals surface area (Å²) >= 11 is 1.60. The molecule has 0 radical (unpaired) electrons. The average Bonchev–Trinajstić information content (AvgIpc) is 3.35. The van der Waals surface area contributed by atoms with Crippen molar-refractivity contribution in [2.75, 3.05) is 17.7 Å². The molecule has 1 fully saturated rings. The van der Waals surface area contributed by atoms with Gasteiger partial charge in [0.1, 0.15) is 0 Å². The van der Waals surface area contributed by atoms with Gasteiger partial charge in [-0.1, -0.05) is 12.1 Å². The van der Waals surface area contributed by atoms with Gasteiger partial charge in [-0.2, -0.15) is 0 Å². The van der Waals surface area contributed by atoms with Crippen molar-refractivity contribution in [2.24, 2.45) is 5.92 Å². The summed E-state index contributed by atoms with van der Waals surface area (Å²) in [5, 5.41) is 5.72. The van der Waals surface area contributed by atoms with Crippen LogP contribution < -0.4 is 10.6 Å². The zero-order valence-electron chi connectivity index (χ0n) is 18.2. The van der Waals surface area contributed by atoms with Gasteiger partial charge < -0.3 is 15.4 Å². The van der Waals surface area contributed by atoms with Crippen LogP contribution in [0.3, 0.4) is 0 Å². The van der Waals surface area contributed by atoms with E-state index < -0.39 is 29.2 Å². The summed E-state index contributed by atoms with van der Waals surface area (Å²) < 4.78 is 44.9. The third kappa shape index (κ3) is 5.22. The molecule has 34 heavy (non-hydrogen) atoms. The van der Waals surface area contributed by atoms with Crippen molar-refractivity contribution in [3.8, 4) is 10.4 Å². The Morgan fingerprint density at radius 1 is 0.971 bits per heavy atom. The van der Waals surface area contributed by atoms with Crippen molar-refractivity contribution in [2.45, 2.75) is 31.6 Å². The zero-order chi connectivity index (χ0) is 24.2. The Balaban J connectivity index is 1.35. The lowest BCUT2D eigenvalue weighted by Crippen LogP contribution is -2.22. The van der Waals surface area contributed by atoms with Crippen LogP contribution in [-0.2, 0) is 9.53 Å². The minimum Gasteiger partial charge on any atom is -0.469 e. The number of hydrogen-bond acceptors (Lipinski definition) is 5. The van der Waals surface area contributed by atoms with Crippen LogP contribution in [0.5, 0.6) is 0 Å². The largest absolute Gasteiger partial charge is 0.469 e. The maximum Gasteiger partial charge on any atom is 0.323 e. The number of nitrogens with one attached hydrogen (secondary N) is 2. The van der Waals surface area contributed by atoms with E-state index in [0.717, 1.165) is 53.3 Å². The van der Waals surface area contributed by atoms with Crippen molar-refractivity contribution in [1.82, 2.24) is 4.98 Å². The molecule has 1 saturated carbocycles. The molecular weight excluding hydrogens is 467 g/mol. The highest BCUT2D eigenvalue weighted by molar-refractivity contribution is 7.15. The second-order valence-electron chi connectivity index (χ2n) is 8.01. The molecule has 0 saturated heterocycles. The predicted octanol–water partition coefficient (Wildman–Crippen LogP) is 6.32. The molecule has 0 bridgehead atoms. The number of anilines is 2. The van der Waals surface area contributed by atoms with Crippen molar-refractivity contribution < 1.29 is 27.5 Å². The molecular formula is C24H22F3N3O3S. The number of methoxy groups -OCH3 is 1. The van der Waals surface area contributed by atoms with Crippen LogP contribution in [0.4, 0.5) is 29.3 Å². The highest BCUT2D eigenvalue weighted by Crippen LogP contribution is 2.39. The summed E-state index contributed by atoms with van der Waals surface area (Å²) in [6.45, 7) is 0. The fourth-order valence-corrected chi connectivity index (χ4v) is 5.07. The van der Waals surface area contributed by atoms with E-state index in [1.807, 2.05) is 18.3 Å². The molecule has 1 aliphatic carbocycles. The Morgan fingerprint density at radius 3 is 2.35 bits per heavy atom. The van der Waals surface area contributed by atoms with E-state index in [4.69, 9.17) is 4.74 Å². The Hall–Kier alpha value is -3.40. The Morgan fingerprint density at radius 2 is 1.68 bits per heavy atom. The minimum absolute atomic E-state index is 0.0310. The van der Waals surface area contributed by atoms with Gasteiger partial charge in [-0.05, 0) is 55.5 Å². The van der Waals surface area contributed by atoms with Crippen molar-refractivity contribution in [1.29, 1.82) is 0 Å². The lowest BCUT2D eigenvalue weighted by atomic mass is 9.82. The van der Waals surface area contributed by atoms with E-state index in [9.17, 15) is 22.8 Å². The van der Waals surface area contributed by atoms with E-state index in [2.05, 4.69) is 15.6 Å². The van der Waals surface area contributed by atoms with Crippen molar-refractivity contribution in [3.05, 3.63) is 65.1 Å². The maximum atomic E-state index is 13.7. The second-order valence-corrected chi connectivity index (χ2v) is 9.08. The molecule has 2 aromatic carbocycles. The molecule has 1 aromatic heterocycles. The lowest BCUT2D eigenvalue weighted by molar-refractivity contribution is -0.146. The first-order valence-electron chi connectivity index (χ1n) is 10.7. The molecule has 10 heteroatoms. The van der Waals surface area contributed by atoms with E-state index in [1.165, 1.54) is 7.11 Å². The van der Waals surface area contributed by atoms with Gasteiger partial charge in [0.2, 0.25) is 0 Å². The number of nitrogens with zero attached hydrogens (tertiary/aromatic N) is 1. The summed E-state index contributed by atoms with van der Waals surface area (Å²) in [5.74, 6) is -4.31. The van der Waals surface area contributed by atoms with Crippen LogP contribution in [0.2, 0.25) is 0 Å². The van der Waals surface area contributed by atoms with E-state index in [0.29, 0.717) is 11.6 Å². The van der Waals surface area contributed by atoms with Gasteiger partial charge in [0.25, 0.3) is 0 Å². The SMILES string of the molecule is COC(=O)C1CCC(c2ncc(-c3ccc(NC(=O)Nc4ccc(F)c(F)c4F)cc3)s2)CC1. The highest BCUT2D eigenvalue weighted by atomic mass is 32.1. The number of amides is 2. The fraction of sp³-hybridized carbons (Fsp3) is 0.292. The standard InChI is InChI=1S/C24H22F3N3O3S/c1-33-23(31)15-4-2-14(3-5-15)22-28-12-19(34-22)13-6-8-16(9-7-13)29-24(32)30-18-11-10-17(25)20(26)21(18)27/h6-12,14-15H,2-5H2,1H3,(H2,29,30,32). The molecule has 3 aromatic rings. The minimum atomic E-state index is -1.65. The number of hydrogen-bond donors (Lipinski definition) is 2. The first kappa shape index (κ1) is 23.7. The number of esters is 1. The third-order valence-corrected chi connectivity index (χ3v) is 7.05. The van der Waals surface area contributed by atoms with Gasteiger partial charge in [0.05, 0.1) is 28.6 Å². The van der Waals surface area contributed by atoms with Crippen LogP contribution >= 0.6 is 11.3 Å². The number of aromatic nitrogens is 1. The normalized spacial score (nSPS) is 17.8. The Kier molecular flexibility index (Phi) is 7.16. The van der Waals surface area contributed by atoms with Gasteiger partial charge in [-0.3, -0.25) is 4.79 Å². The van der Waals surface area contributed by atoms with Crippen LogP contribution in [0, 0.1) is 23.4 Å². The lowest BCUT2D eigenvalue weighted by Gasteiger charge is -2.25. The number of urea groups is 1. The number of halogens is 3. The van der Waals surface area contributed by atoms with Crippen LogP contribution in [0.1, 0.15) is 36.6 Å². The molecule has 0 atom stereocenters. The highest BCUT2D eigenvalue weighted by Gasteiger charge is 2.29. The molecule has 1 aliphatic rings. The first-order chi connectivity index (χ1) is 16.4. The fourth-order valence-electron chi connectivity index (χ4n) is 3.98. The summed E-state index contributed by atoms with van der Waals surface area (Å²) in [4.78, 5) is 29.4. The number of thiazole rings is 1. The Labute approximate surface area is 198 Å². The van der Waals surface area contributed by atoms with Gasteiger partial charge >= 0.3 is 12.0 Å². The van der Waals surface area contributed by atoms with Crippen molar-refractivity contribution in [3.63, 3.8) is 0 Å². The number of carbonyl (C=O) groups excluding carboxylic acids is 2. The Bertz CT molecular complexity index is 1190. The number of rotatable bonds is 5. The topological polar surface area (TPSA) is 80.3 Å². The first-order valence-corrected chi connectivity index (χ1v) is 11.5. The van der Waals surface area contributed by atoms with E-state index in [-0.39, 0.29) is 11.9 Å². The van der Waals surface area contributed by atoms with Gasteiger partial charge in [-0.25, -0.2) is 22.9 Å². The summed E-state index contributed by atoms with van der Waals surface area (Å²) in [7, 11) is 1.42. The number of benzene rings is 2. The molecule has 4 rings (SSSR count). The molecule has 0 spiro atoms. The van der Waals surface area contributed by atoms with Crippen LogP contribution in [-0.4, -0.2) is 24.1 Å². The summed E-state index contributed by atoms with van der Waals surface area (Å²) in [6, 6.07) is 7.88. The molecule has 178 valence electrons. The van der Waals surface area contributed by atoms with Gasteiger partial charge in [0.15, 0.2) is 17.5 Å². The van der Waals surface area contributed by atoms with Crippen LogP contribution in [0.15, 0.2) is 42.6 Å². The van der Waals surface area contributed by atoms with Gasteiger partial charge in [0, 0.05) is 17.8 Å². The monoisotopic (exact) mass is 489 g/mol. The van der Waals surface area contributed by atoms with E-state index >= 15 is 0 Å². The number of ether oxygens (including phenoxy) is 1.